The normalized spacial score (nSPS) is 29.2. The van der Waals surface area contributed by atoms with Gasteiger partial charge < -0.3 is 24.6 Å². The van der Waals surface area contributed by atoms with Crippen molar-refractivity contribution >= 4 is 5.97 Å². The molecule has 144 valence electrons. The fourth-order valence-corrected chi connectivity index (χ4v) is 4.25. The molecule has 0 spiro atoms. The lowest BCUT2D eigenvalue weighted by Crippen LogP contribution is -2.54. The molecule has 7 nitrogen and oxygen atoms in total. The molecule has 3 rings (SSSR count). The number of ether oxygens (including phenoxy) is 2. The van der Waals surface area contributed by atoms with E-state index in [0.29, 0.717) is 18.9 Å². The quantitative estimate of drug-likeness (QED) is 0.794. The molecule has 2 aliphatic rings. The number of nitrogens with zero attached hydrogens (tertiary/aromatic N) is 2. The lowest BCUT2D eigenvalue weighted by atomic mass is 9.77. The highest BCUT2D eigenvalue weighted by Gasteiger charge is 2.45. The van der Waals surface area contributed by atoms with Gasteiger partial charge >= 0.3 is 5.97 Å². The molecule has 0 amide bonds. The summed E-state index contributed by atoms with van der Waals surface area (Å²) in [7, 11) is 1.34. The zero-order valence-electron chi connectivity index (χ0n) is 15.2. The minimum atomic E-state index is -1.26. The zero-order chi connectivity index (χ0) is 18.6. The first-order chi connectivity index (χ1) is 12.5. The predicted molar refractivity (Wildman–Crippen MR) is 95.1 cm³/mol. The predicted octanol–water partition coefficient (Wildman–Crippen LogP) is 1.70. The van der Waals surface area contributed by atoms with Crippen LogP contribution in [0.2, 0.25) is 0 Å². The maximum absolute atomic E-state index is 11.3. The molecule has 26 heavy (non-hydrogen) atoms. The van der Waals surface area contributed by atoms with Crippen LogP contribution in [0.25, 0.3) is 0 Å². The molecular formula is C19H28N2O5. The van der Waals surface area contributed by atoms with Gasteiger partial charge in [-0.25, -0.2) is 4.79 Å². The molecule has 1 aromatic rings. The first kappa shape index (κ1) is 19.1. The van der Waals surface area contributed by atoms with Crippen LogP contribution in [0.4, 0.5) is 0 Å². The van der Waals surface area contributed by atoms with Crippen LogP contribution < -0.4 is 4.74 Å². The maximum atomic E-state index is 11.3. The van der Waals surface area contributed by atoms with E-state index in [9.17, 15) is 15.0 Å². The Hall–Kier alpha value is -1.70. The van der Waals surface area contributed by atoms with Crippen LogP contribution in [-0.2, 0) is 9.53 Å². The van der Waals surface area contributed by atoms with Crippen LogP contribution in [0.1, 0.15) is 38.5 Å². The van der Waals surface area contributed by atoms with Crippen LogP contribution in [0.3, 0.4) is 0 Å². The summed E-state index contributed by atoms with van der Waals surface area (Å²) in [5, 5.41) is 19.9. The van der Waals surface area contributed by atoms with E-state index in [1.165, 1.54) is 7.11 Å². The van der Waals surface area contributed by atoms with Gasteiger partial charge in [-0.15, -0.1) is 0 Å². The van der Waals surface area contributed by atoms with E-state index in [1.807, 2.05) is 12.1 Å². The Bertz CT molecular complexity index is 581. The maximum Gasteiger partial charge on any atom is 0.335 e. The van der Waals surface area contributed by atoms with Gasteiger partial charge in [-0.05, 0) is 50.7 Å². The van der Waals surface area contributed by atoms with Crippen LogP contribution >= 0.6 is 0 Å². The van der Waals surface area contributed by atoms with Gasteiger partial charge in [0.05, 0.1) is 0 Å². The van der Waals surface area contributed by atoms with Gasteiger partial charge in [-0.2, -0.15) is 0 Å². The number of aromatic nitrogens is 1. The minimum Gasteiger partial charge on any atom is -0.490 e. The number of likely N-dealkylation sites (tertiary alicyclic amines) is 1. The fraction of sp³-hybridized carbons (Fsp3) is 0.684. The van der Waals surface area contributed by atoms with Crippen molar-refractivity contribution < 1.29 is 24.5 Å². The third-order valence-electron chi connectivity index (χ3n) is 5.71. The van der Waals surface area contributed by atoms with Crippen molar-refractivity contribution in [2.24, 2.45) is 0 Å². The van der Waals surface area contributed by atoms with E-state index >= 15 is 0 Å². The van der Waals surface area contributed by atoms with Gasteiger partial charge in [0.1, 0.15) is 17.5 Å². The minimum absolute atomic E-state index is 0.221. The summed E-state index contributed by atoms with van der Waals surface area (Å²) in [6, 6.07) is 4.15. The monoisotopic (exact) mass is 364 g/mol. The number of hydrogen-bond donors (Lipinski definition) is 2. The van der Waals surface area contributed by atoms with E-state index in [1.54, 1.807) is 12.4 Å². The Labute approximate surface area is 153 Å². The van der Waals surface area contributed by atoms with Gasteiger partial charge in [0.25, 0.3) is 0 Å². The Kier molecular flexibility index (Phi) is 6.11. The number of hydrogen-bond acceptors (Lipinski definition) is 6. The Balaban J connectivity index is 1.47. The van der Waals surface area contributed by atoms with Crippen LogP contribution in [-0.4, -0.2) is 70.1 Å². The molecular weight excluding hydrogens is 336 g/mol. The molecule has 2 fully saturated rings. The topological polar surface area (TPSA) is 92.1 Å². The molecule has 1 saturated carbocycles. The van der Waals surface area contributed by atoms with E-state index in [0.717, 1.165) is 44.5 Å². The standard InChI is InChI=1S/C19H28N2O5/c1-25-17(18(22)23)19(24)8-2-14(3-9-19)21-12-6-16(7-13-21)26-15-4-10-20-11-5-15/h4-5,10-11,14,16-17,24H,2-3,6-9,12-13H2,1H3,(H,22,23). The van der Waals surface area contributed by atoms with Gasteiger partial charge in [0.2, 0.25) is 0 Å². The van der Waals surface area contributed by atoms with Gasteiger partial charge in [-0.1, -0.05) is 0 Å². The summed E-state index contributed by atoms with van der Waals surface area (Å²) >= 11 is 0. The van der Waals surface area contributed by atoms with Gasteiger partial charge in [0, 0.05) is 38.6 Å². The third kappa shape index (κ3) is 4.34. The fourth-order valence-electron chi connectivity index (χ4n) is 4.25. The third-order valence-corrected chi connectivity index (χ3v) is 5.71. The number of piperidine rings is 1. The summed E-state index contributed by atoms with van der Waals surface area (Å²) in [6.45, 7) is 1.93. The molecule has 1 saturated heterocycles. The van der Waals surface area contributed by atoms with E-state index in [2.05, 4.69) is 9.88 Å². The number of carboxylic acids is 1. The summed E-state index contributed by atoms with van der Waals surface area (Å²) in [5.41, 5.74) is -1.26. The highest BCUT2D eigenvalue weighted by atomic mass is 16.5. The molecule has 1 aliphatic heterocycles. The Morgan fingerprint density at radius 3 is 2.38 bits per heavy atom. The number of carboxylic acid groups (broad SMARTS) is 1. The van der Waals surface area contributed by atoms with Crippen molar-refractivity contribution in [3.05, 3.63) is 24.5 Å². The molecule has 2 heterocycles. The molecule has 2 N–H and O–H groups in total. The lowest BCUT2D eigenvalue weighted by molar-refractivity contribution is -0.174. The molecule has 7 heteroatoms. The highest BCUT2D eigenvalue weighted by molar-refractivity contribution is 5.74. The number of aliphatic hydroxyl groups is 1. The second kappa shape index (κ2) is 8.33. The second-order valence-electron chi connectivity index (χ2n) is 7.32. The second-order valence-corrected chi connectivity index (χ2v) is 7.32. The summed E-state index contributed by atoms with van der Waals surface area (Å²) in [5.74, 6) is -0.233. The SMILES string of the molecule is COC(C(=O)O)C1(O)CCC(N2CCC(Oc3ccncc3)CC2)CC1. The van der Waals surface area contributed by atoms with Crippen LogP contribution in [0.5, 0.6) is 5.75 Å². The van der Waals surface area contributed by atoms with Crippen molar-refractivity contribution in [3.8, 4) is 5.75 Å². The van der Waals surface area contributed by atoms with Gasteiger partial charge in [-0.3, -0.25) is 4.98 Å². The van der Waals surface area contributed by atoms with Crippen LogP contribution in [0.15, 0.2) is 24.5 Å². The van der Waals surface area contributed by atoms with E-state index in [4.69, 9.17) is 9.47 Å². The zero-order valence-corrected chi connectivity index (χ0v) is 15.2. The number of aliphatic carboxylic acids is 1. The number of carbonyl (C=O) groups is 1. The first-order valence-corrected chi connectivity index (χ1v) is 9.30. The van der Waals surface area contributed by atoms with Crippen molar-refractivity contribution in [3.63, 3.8) is 0 Å². The number of rotatable bonds is 6. The summed E-state index contributed by atoms with van der Waals surface area (Å²) in [6.07, 6.45) is 6.97. The molecule has 0 bridgehead atoms. The largest absolute Gasteiger partial charge is 0.490 e. The van der Waals surface area contributed by atoms with Crippen molar-refractivity contribution in [1.29, 1.82) is 0 Å². The molecule has 1 unspecified atom stereocenters. The molecule has 0 aromatic carbocycles. The molecule has 1 aliphatic carbocycles. The molecule has 1 atom stereocenters. The van der Waals surface area contributed by atoms with E-state index in [-0.39, 0.29) is 6.10 Å². The summed E-state index contributed by atoms with van der Waals surface area (Å²) < 4.78 is 11.0. The Morgan fingerprint density at radius 2 is 1.85 bits per heavy atom. The number of pyridine rings is 1. The average molecular weight is 364 g/mol. The lowest BCUT2D eigenvalue weighted by Gasteiger charge is -2.44. The van der Waals surface area contributed by atoms with Crippen molar-refractivity contribution in [2.75, 3.05) is 20.2 Å². The summed E-state index contributed by atoms with van der Waals surface area (Å²) in [4.78, 5) is 17.7. The first-order valence-electron chi connectivity index (χ1n) is 9.30. The highest BCUT2D eigenvalue weighted by Crippen LogP contribution is 2.35. The Morgan fingerprint density at radius 1 is 1.23 bits per heavy atom. The molecule has 0 radical (unpaired) electrons. The van der Waals surface area contributed by atoms with Crippen molar-refractivity contribution in [1.82, 2.24) is 9.88 Å². The average Bonchev–Trinajstić information content (AvgIpc) is 2.64. The van der Waals surface area contributed by atoms with Crippen molar-refractivity contribution in [2.45, 2.75) is 62.4 Å². The molecule has 1 aromatic heterocycles. The van der Waals surface area contributed by atoms with Gasteiger partial charge in [0.15, 0.2) is 6.10 Å². The van der Waals surface area contributed by atoms with E-state index < -0.39 is 17.7 Å². The van der Waals surface area contributed by atoms with Crippen LogP contribution in [0, 0.1) is 0 Å². The number of methoxy groups -OCH3 is 1. The smallest absolute Gasteiger partial charge is 0.335 e.